The van der Waals surface area contributed by atoms with Crippen molar-refractivity contribution in [3.8, 4) is 0 Å². The first-order valence-corrected chi connectivity index (χ1v) is 6.35. The monoisotopic (exact) mass is 278 g/mol. The van der Waals surface area contributed by atoms with Crippen LogP contribution in [0.5, 0.6) is 0 Å². The standard InChI is InChI=1S/C14H18N2O4/c1-3-10-6-4-5-9(2)13(10)16-14(20)15-11(17)7-8-12(18)19/h4-6H,3,7-8H2,1-2H3,(H,18,19)(H2,15,16,17,20). The molecule has 0 radical (unpaired) electrons. The van der Waals surface area contributed by atoms with Crippen LogP contribution >= 0.6 is 0 Å². The van der Waals surface area contributed by atoms with Crippen molar-refractivity contribution in [3.63, 3.8) is 0 Å². The Morgan fingerprint density at radius 2 is 1.90 bits per heavy atom. The molecule has 20 heavy (non-hydrogen) atoms. The van der Waals surface area contributed by atoms with Crippen LogP contribution in [0, 0.1) is 6.92 Å². The summed E-state index contributed by atoms with van der Waals surface area (Å²) >= 11 is 0. The zero-order valence-corrected chi connectivity index (χ0v) is 11.5. The molecule has 6 heteroatoms. The Labute approximate surface area is 117 Å². The number of para-hydroxylation sites is 1. The number of carboxylic acid groups (broad SMARTS) is 1. The second-order valence-corrected chi connectivity index (χ2v) is 4.36. The van der Waals surface area contributed by atoms with Gasteiger partial charge < -0.3 is 10.4 Å². The van der Waals surface area contributed by atoms with Gasteiger partial charge in [-0.2, -0.15) is 0 Å². The van der Waals surface area contributed by atoms with E-state index in [4.69, 9.17) is 5.11 Å². The van der Waals surface area contributed by atoms with Crippen LogP contribution in [-0.2, 0) is 16.0 Å². The summed E-state index contributed by atoms with van der Waals surface area (Å²) in [6, 6.07) is 5.01. The van der Waals surface area contributed by atoms with E-state index in [0.29, 0.717) is 5.69 Å². The molecule has 0 saturated heterocycles. The van der Waals surface area contributed by atoms with Crippen LogP contribution in [0.3, 0.4) is 0 Å². The summed E-state index contributed by atoms with van der Waals surface area (Å²) in [4.78, 5) is 33.4. The van der Waals surface area contributed by atoms with Crippen LogP contribution < -0.4 is 10.6 Å². The first-order chi connectivity index (χ1) is 9.43. The van der Waals surface area contributed by atoms with Crippen LogP contribution in [-0.4, -0.2) is 23.0 Å². The number of carboxylic acids is 1. The van der Waals surface area contributed by atoms with E-state index in [-0.39, 0.29) is 12.8 Å². The second-order valence-electron chi connectivity index (χ2n) is 4.36. The third-order valence-electron chi connectivity index (χ3n) is 2.80. The number of carbonyl (C=O) groups excluding carboxylic acids is 2. The molecule has 0 fully saturated rings. The Bertz CT molecular complexity index is 526. The predicted octanol–water partition coefficient (Wildman–Crippen LogP) is 2.07. The van der Waals surface area contributed by atoms with Crippen LogP contribution in [0.1, 0.15) is 30.9 Å². The molecule has 0 saturated carbocycles. The maximum absolute atomic E-state index is 11.7. The van der Waals surface area contributed by atoms with Gasteiger partial charge in [-0.05, 0) is 24.5 Å². The van der Waals surface area contributed by atoms with E-state index in [1.54, 1.807) is 0 Å². The van der Waals surface area contributed by atoms with E-state index in [9.17, 15) is 14.4 Å². The van der Waals surface area contributed by atoms with Crippen molar-refractivity contribution in [2.75, 3.05) is 5.32 Å². The third kappa shape index (κ3) is 4.72. The Hall–Kier alpha value is -2.37. The summed E-state index contributed by atoms with van der Waals surface area (Å²) in [7, 11) is 0. The number of hydrogen-bond donors (Lipinski definition) is 3. The molecule has 108 valence electrons. The molecule has 3 amide bonds. The summed E-state index contributed by atoms with van der Waals surface area (Å²) in [5.74, 6) is -1.69. The normalized spacial score (nSPS) is 9.90. The van der Waals surface area contributed by atoms with Gasteiger partial charge in [0.1, 0.15) is 0 Å². The van der Waals surface area contributed by atoms with Crippen molar-refractivity contribution < 1.29 is 19.5 Å². The van der Waals surface area contributed by atoms with Crippen molar-refractivity contribution in [2.45, 2.75) is 33.1 Å². The number of benzene rings is 1. The number of amides is 3. The lowest BCUT2D eigenvalue weighted by molar-refractivity contribution is -0.138. The minimum atomic E-state index is -1.08. The molecular weight excluding hydrogens is 260 g/mol. The Morgan fingerprint density at radius 1 is 1.20 bits per heavy atom. The summed E-state index contributed by atoms with van der Waals surface area (Å²) < 4.78 is 0. The van der Waals surface area contributed by atoms with E-state index in [1.807, 2.05) is 32.0 Å². The predicted molar refractivity (Wildman–Crippen MR) is 74.6 cm³/mol. The molecule has 1 aromatic rings. The largest absolute Gasteiger partial charge is 0.481 e. The minimum Gasteiger partial charge on any atom is -0.481 e. The number of imide groups is 1. The number of rotatable bonds is 5. The fourth-order valence-corrected chi connectivity index (χ4v) is 1.76. The van der Waals surface area contributed by atoms with Crippen LogP contribution in [0.4, 0.5) is 10.5 Å². The number of carbonyl (C=O) groups is 3. The lowest BCUT2D eigenvalue weighted by Crippen LogP contribution is -2.34. The molecule has 0 bridgehead atoms. The highest BCUT2D eigenvalue weighted by molar-refractivity contribution is 6.02. The summed E-state index contributed by atoms with van der Waals surface area (Å²) in [5.41, 5.74) is 2.55. The second kappa shape index (κ2) is 7.28. The van der Waals surface area contributed by atoms with Gasteiger partial charge in [0.25, 0.3) is 0 Å². The lowest BCUT2D eigenvalue weighted by atomic mass is 10.1. The number of aryl methyl sites for hydroxylation is 2. The van der Waals surface area contributed by atoms with Crippen molar-refractivity contribution in [2.24, 2.45) is 0 Å². The molecule has 1 rings (SSSR count). The highest BCUT2D eigenvalue weighted by Crippen LogP contribution is 2.20. The Balaban J connectivity index is 2.63. The third-order valence-corrected chi connectivity index (χ3v) is 2.80. The van der Waals surface area contributed by atoms with Gasteiger partial charge in [-0.3, -0.25) is 14.9 Å². The number of anilines is 1. The summed E-state index contributed by atoms with van der Waals surface area (Å²) in [5, 5.41) is 13.2. The van der Waals surface area contributed by atoms with Gasteiger partial charge in [-0.1, -0.05) is 25.1 Å². The van der Waals surface area contributed by atoms with Crippen LogP contribution in [0.25, 0.3) is 0 Å². The number of urea groups is 1. The fourth-order valence-electron chi connectivity index (χ4n) is 1.76. The fraction of sp³-hybridized carbons (Fsp3) is 0.357. The smallest absolute Gasteiger partial charge is 0.325 e. The quantitative estimate of drug-likeness (QED) is 0.768. The van der Waals surface area contributed by atoms with Gasteiger partial charge in [-0.15, -0.1) is 0 Å². The number of nitrogens with one attached hydrogen (secondary N) is 2. The molecule has 0 aliphatic rings. The van der Waals surface area contributed by atoms with Crippen molar-refractivity contribution in [1.82, 2.24) is 5.32 Å². The summed E-state index contributed by atoms with van der Waals surface area (Å²) in [6.45, 7) is 3.83. The van der Waals surface area contributed by atoms with Gasteiger partial charge in [-0.25, -0.2) is 4.79 Å². The summed E-state index contributed by atoms with van der Waals surface area (Å²) in [6.07, 6.45) is 0.227. The SMILES string of the molecule is CCc1cccc(C)c1NC(=O)NC(=O)CCC(=O)O. The molecule has 0 aliphatic carbocycles. The van der Waals surface area contributed by atoms with Gasteiger partial charge in [0, 0.05) is 12.1 Å². The zero-order valence-electron chi connectivity index (χ0n) is 11.5. The van der Waals surface area contributed by atoms with Crippen molar-refractivity contribution in [3.05, 3.63) is 29.3 Å². The van der Waals surface area contributed by atoms with E-state index in [0.717, 1.165) is 17.5 Å². The minimum absolute atomic E-state index is 0.225. The molecular formula is C14H18N2O4. The van der Waals surface area contributed by atoms with E-state index in [1.165, 1.54) is 0 Å². The first kappa shape index (κ1) is 15.7. The van der Waals surface area contributed by atoms with Crippen LogP contribution in [0.15, 0.2) is 18.2 Å². The van der Waals surface area contributed by atoms with Gasteiger partial charge in [0.2, 0.25) is 5.91 Å². The average Bonchev–Trinajstić information content (AvgIpc) is 2.38. The van der Waals surface area contributed by atoms with Gasteiger partial charge >= 0.3 is 12.0 Å². The molecule has 3 N–H and O–H groups in total. The number of hydrogen-bond acceptors (Lipinski definition) is 3. The Morgan fingerprint density at radius 3 is 2.50 bits per heavy atom. The van der Waals surface area contributed by atoms with Gasteiger partial charge in [0.15, 0.2) is 0 Å². The zero-order chi connectivity index (χ0) is 15.1. The van der Waals surface area contributed by atoms with E-state index in [2.05, 4.69) is 10.6 Å². The first-order valence-electron chi connectivity index (χ1n) is 6.35. The van der Waals surface area contributed by atoms with Crippen LogP contribution in [0.2, 0.25) is 0 Å². The topological polar surface area (TPSA) is 95.5 Å². The Kier molecular flexibility index (Phi) is 5.71. The molecule has 0 spiro atoms. The average molecular weight is 278 g/mol. The molecule has 0 atom stereocenters. The molecule has 0 aromatic heterocycles. The molecule has 0 aliphatic heterocycles. The lowest BCUT2D eigenvalue weighted by Gasteiger charge is -2.13. The molecule has 6 nitrogen and oxygen atoms in total. The van der Waals surface area contributed by atoms with Gasteiger partial charge in [0.05, 0.1) is 6.42 Å². The van der Waals surface area contributed by atoms with Crippen molar-refractivity contribution >= 4 is 23.6 Å². The van der Waals surface area contributed by atoms with E-state index < -0.39 is 17.9 Å². The molecule has 0 unspecified atom stereocenters. The highest BCUT2D eigenvalue weighted by Gasteiger charge is 2.12. The maximum Gasteiger partial charge on any atom is 0.325 e. The maximum atomic E-state index is 11.7. The number of aliphatic carboxylic acids is 1. The highest BCUT2D eigenvalue weighted by atomic mass is 16.4. The molecule has 0 heterocycles. The molecule has 1 aromatic carbocycles. The van der Waals surface area contributed by atoms with E-state index >= 15 is 0 Å². The van der Waals surface area contributed by atoms with Crippen molar-refractivity contribution in [1.29, 1.82) is 0 Å².